The lowest BCUT2D eigenvalue weighted by atomic mass is 9.84. The minimum Gasteiger partial charge on any atom is -0.345 e. The molecule has 1 aliphatic rings. The van der Waals surface area contributed by atoms with Gasteiger partial charge in [-0.25, -0.2) is 0 Å². The summed E-state index contributed by atoms with van der Waals surface area (Å²) in [6, 6.07) is 5.30. The molecule has 1 aromatic rings. The van der Waals surface area contributed by atoms with Crippen LogP contribution in [0.5, 0.6) is 0 Å². The van der Waals surface area contributed by atoms with Gasteiger partial charge in [-0.2, -0.15) is 0 Å². The first-order valence-corrected chi connectivity index (χ1v) is 8.25. The summed E-state index contributed by atoms with van der Waals surface area (Å²) in [4.78, 5) is 23.9. The molecule has 120 valence electrons. The predicted octanol–water partition coefficient (Wildman–Crippen LogP) is 3.67. The van der Waals surface area contributed by atoms with Crippen molar-refractivity contribution in [3.8, 4) is 0 Å². The minimum atomic E-state index is -0.641. The number of anilines is 1. The van der Waals surface area contributed by atoms with E-state index in [1.807, 2.05) is 13.0 Å². The van der Waals surface area contributed by atoms with Gasteiger partial charge in [0.15, 0.2) is 0 Å². The summed E-state index contributed by atoms with van der Waals surface area (Å²) in [5.41, 5.74) is 1.46. The molecule has 1 aliphatic carbocycles. The Morgan fingerprint density at radius 3 is 2.45 bits per heavy atom. The molecule has 0 saturated heterocycles. The van der Waals surface area contributed by atoms with Crippen molar-refractivity contribution in [2.24, 2.45) is 5.92 Å². The molecule has 0 aliphatic heterocycles. The SMILES string of the molecule is CCC1CCC(NC(=O)C(=O)Nc2ccc(C)c(Cl)c2)CC1. The molecule has 1 saturated carbocycles. The van der Waals surface area contributed by atoms with Crippen LogP contribution >= 0.6 is 11.6 Å². The molecule has 0 bridgehead atoms. The molecule has 5 heteroatoms. The largest absolute Gasteiger partial charge is 0.345 e. The van der Waals surface area contributed by atoms with Crippen molar-refractivity contribution < 1.29 is 9.59 Å². The summed E-state index contributed by atoms with van der Waals surface area (Å²) < 4.78 is 0. The average Bonchev–Trinajstić information content (AvgIpc) is 2.51. The first kappa shape index (κ1) is 16.8. The Balaban J connectivity index is 1.84. The van der Waals surface area contributed by atoms with Gasteiger partial charge in [0.2, 0.25) is 0 Å². The van der Waals surface area contributed by atoms with Crippen LogP contribution < -0.4 is 10.6 Å². The third-order valence-electron chi connectivity index (χ3n) is 4.40. The lowest BCUT2D eigenvalue weighted by Crippen LogP contribution is -2.43. The lowest BCUT2D eigenvalue weighted by molar-refractivity contribution is -0.136. The second kappa shape index (κ2) is 7.63. The van der Waals surface area contributed by atoms with E-state index in [4.69, 9.17) is 11.6 Å². The maximum atomic E-state index is 12.0. The molecule has 22 heavy (non-hydrogen) atoms. The summed E-state index contributed by atoms with van der Waals surface area (Å²) >= 11 is 6.01. The second-order valence-electron chi connectivity index (χ2n) is 6.02. The molecule has 2 amide bonds. The van der Waals surface area contributed by atoms with Crippen LogP contribution in [0.3, 0.4) is 0 Å². The molecule has 1 aromatic carbocycles. The maximum absolute atomic E-state index is 12.0. The van der Waals surface area contributed by atoms with Crippen LogP contribution in [-0.2, 0) is 9.59 Å². The van der Waals surface area contributed by atoms with Gasteiger partial charge in [-0.3, -0.25) is 9.59 Å². The second-order valence-corrected chi connectivity index (χ2v) is 6.42. The van der Waals surface area contributed by atoms with E-state index in [-0.39, 0.29) is 6.04 Å². The Morgan fingerprint density at radius 1 is 1.18 bits per heavy atom. The summed E-state index contributed by atoms with van der Waals surface area (Å²) in [7, 11) is 0. The molecule has 0 radical (unpaired) electrons. The summed E-state index contributed by atoms with van der Waals surface area (Å²) in [5.74, 6) is -0.453. The van der Waals surface area contributed by atoms with Crippen LogP contribution in [0.2, 0.25) is 5.02 Å². The van der Waals surface area contributed by atoms with Gasteiger partial charge in [0, 0.05) is 16.8 Å². The number of hydrogen-bond acceptors (Lipinski definition) is 2. The molecule has 0 heterocycles. The molecule has 0 atom stereocenters. The highest BCUT2D eigenvalue weighted by molar-refractivity contribution is 6.40. The van der Waals surface area contributed by atoms with E-state index >= 15 is 0 Å². The van der Waals surface area contributed by atoms with Crippen LogP contribution in [0.25, 0.3) is 0 Å². The fraction of sp³-hybridized carbons (Fsp3) is 0.529. The van der Waals surface area contributed by atoms with E-state index in [2.05, 4.69) is 17.6 Å². The zero-order valence-corrected chi connectivity index (χ0v) is 13.9. The van der Waals surface area contributed by atoms with Crippen molar-refractivity contribution in [2.45, 2.75) is 52.0 Å². The number of amides is 2. The van der Waals surface area contributed by atoms with Crippen molar-refractivity contribution in [3.05, 3.63) is 28.8 Å². The molecular weight excluding hydrogens is 300 g/mol. The van der Waals surface area contributed by atoms with E-state index in [1.54, 1.807) is 12.1 Å². The Labute approximate surface area is 136 Å². The standard InChI is InChI=1S/C17H23ClN2O2/c1-3-12-5-8-13(9-6-12)19-16(21)17(22)20-14-7-4-11(2)15(18)10-14/h4,7,10,12-13H,3,5-6,8-9H2,1-2H3,(H,19,21)(H,20,22). The first-order valence-electron chi connectivity index (χ1n) is 7.87. The Morgan fingerprint density at radius 2 is 1.86 bits per heavy atom. The molecule has 4 nitrogen and oxygen atoms in total. The fourth-order valence-corrected chi connectivity index (χ4v) is 3.00. The van der Waals surface area contributed by atoms with E-state index in [0.29, 0.717) is 10.7 Å². The number of aryl methyl sites for hydroxylation is 1. The number of rotatable bonds is 3. The molecular formula is C17H23ClN2O2. The number of halogens is 1. The summed E-state index contributed by atoms with van der Waals surface area (Å²) in [6.07, 6.45) is 5.34. The fourth-order valence-electron chi connectivity index (χ4n) is 2.82. The van der Waals surface area contributed by atoms with Gasteiger partial charge in [0.05, 0.1) is 0 Å². The van der Waals surface area contributed by atoms with E-state index in [0.717, 1.165) is 37.2 Å². The van der Waals surface area contributed by atoms with Crippen molar-refractivity contribution >= 4 is 29.1 Å². The van der Waals surface area contributed by atoms with Crippen LogP contribution in [-0.4, -0.2) is 17.9 Å². The Hall–Kier alpha value is -1.55. The quantitative estimate of drug-likeness (QED) is 0.834. The number of hydrogen-bond donors (Lipinski definition) is 2. The zero-order chi connectivity index (χ0) is 16.1. The number of nitrogens with one attached hydrogen (secondary N) is 2. The molecule has 0 aromatic heterocycles. The monoisotopic (exact) mass is 322 g/mol. The van der Waals surface area contributed by atoms with Crippen LogP contribution in [0.1, 0.15) is 44.6 Å². The van der Waals surface area contributed by atoms with Gasteiger partial charge < -0.3 is 10.6 Å². The Kier molecular flexibility index (Phi) is 5.83. The lowest BCUT2D eigenvalue weighted by Gasteiger charge is -2.28. The highest BCUT2D eigenvalue weighted by atomic mass is 35.5. The van der Waals surface area contributed by atoms with Crippen molar-refractivity contribution in [2.75, 3.05) is 5.32 Å². The van der Waals surface area contributed by atoms with E-state index < -0.39 is 11.8 Å². The van der Waals surface area contributed by atoms with Gasteiger partial charge in [0.1, 0.15) is 0 Å². The number of carbonyl (C=O) groups is 2. The highest BCUT2D eigenvalue weighted by Gasteiger charge is 2.23. The maximum Gasteiger partial charge on any atom is 0.313 e. The van der Waals surface area contributed by atoms with E-state index in [1.165, 1.54) is 6.42 Å². The molecule has 2 rings (SSSR count). The topological polar surface area (TPSA) is 58.2 Å². The predicted molar refractivity (Wildman–Crippen MR) is 89.0 cm³/mol. The normalized spacial score (nSPS) is 21.2. The van der Waals surface area contributed by atoms with E-state index in [9.17, 15) is 9.59 Å². The third-order valence-corrected chi connectivity index (χ3v) is 4.80. The van der Waals surface area contributed by atoms with Gasteiger partial charge in [-0.15, -0.1) is 0 Å². The van der Waals surface area contributed by atoms with Gasteiger partial charge >= 0.3 is 11.8 Å². The summed E-state index contributed by atoms with van der Waals surface area (Å²) in [6.45, 7) is 4.08. The van der Waals surface area contributed by atoms with Crippen molar-refractivity contribution in [3.63, 3.8) is 0 Å². The summed E-state index contributed by atoms with van der Waals surface area (Å²) in [5, 5.41) is 5.98. The first-order chi connectivity index (χ1) is 10.5. The Bertz CT molecular complexity index is 552. The van der Waals surface area contributed by atoms with Gasteiger partial charge in [-0.1, -0.05) is 31.0 Å². The third kappa shape index (κ3) is 4.47. The molecule has 1 fully saturated rings. The van der Waals surface area contributed by atoms with Gasteiger partial charge in [-0.05, 0) is 56.2 Å². The van der Waals surface area contributed by atoms with Crippen LogP contribution in [0.4, 0.5) is 5.69 Å². The van der Waals surface area contributed by atoms with Gasteiger partial charge in [0.25, 0.3) is 0 Å². The minimum absolute atomic E-state index is 0.114. The number of carbonyl (C=O) groups excluding carboxylic acids is 2. The molecule has 0 unspecified atom stereocenters. The average molecular weight is 323 g/mol. The highest BCUT2D eigenvalue weighted by Crippen LogP contribution is 2.26. The molecule has 2 N–H and O–H groups in total. The smallest absolute Gasteiger partial charge is 0.313 e. The number of benzene rings is 1. The van der Waals surface area contributed by atoms with Crippen molar-refractivity contribution in [1.29, 1.82) is 0 Å². The van der Waals surface area contributed by atoms with Crippen molar-refractivity contribution in [1.82, 2.24) is 5.32 Å². The molecule has 0 spiro atoms. The zero-order valence-electron chi connectivity index (χ0n) is 13.1. The van der Waals surface area contributed by atoms with Crippen LogP contribution in [0.15, 0.2) is 18.2 Å². The van der Waals surface area contributed by atoms with Crippen LogP contribution in [0, 0.1) is 12.8 Å².